The summed E-state index contributed by atoms with van der Waals surface area (Å²) in [6.45, 7) is 5.97. The lowest BCUT2D eigenvalue weighted by Gasteiger charge is -2.37. The van der Waals surface area contributed by atoms with E-state index in [0.29, 0.717) is 30.0 Å². The third kappa shape index (κ3) is 2.84. The molecule has 5 aliphatic heterocycles. The van der Waals surface area contributed by atoms with Gasteiger partial charge in [0.25, 0.3) is 0 Å². The molecular formula is C18H32N4O3. The summed E-state index contributed by atoms with van der Waals surface area (Å²) >= 11 is 0. The molecule has 0 spiro atoms. The monoisotopic (exact) mass is 352 g/mol. The van der Waals surface area contributed by atoms with Crippen LogP contribution in [0.25, 0.3) is 0 Å². The summed E-state index contributed by atoms with van der Waals surface area (Å²) < 4.78 is 12.2. The first kappa shape index (κ1) is 16.9. The van der Waals surface area contributed by atoms with E-state index in [2.05, 4.69) is 41.3 Å². The van der Waals surface area contributed by atoms with Crippen molar-refractivity contribution < 1.29 is 14.3 Å². The Balaban J connectivity index is 1.27. The van der Waals surface area contributed by atoms with E-state index in [4.69, 9.17) is 14.3 Å². The maximum atomic E-state index is 6.26. The van der Waals surface area contributed by atoms with Crippen LogP contribution in [0.3, 0.4) is 0 Å². The van der Waals surface area contributed by atoms with Crippen molar-refractivity contribution in [3.8, 4) is 0 Å². The highest BCUT2D eigenvalue weighted by atomic mass is 16.7. The Morgan fingerprint density at radius 2 is 1.72 bits per heavy atom. The molecule has 2 bridgehead atoms. The van der Waals surface area contributed by atoms with Gasteiger partial charge in [-0.1, -0.05) is 0 Å². The molecule has 0 aromatic carbocycles. The number of fused-ring (bicyclic) bond motifs is 3. The summed E-state index contributed by atoms with van der Waals surface area (Å²) in [5.74, 6) is 1.28. The second kappa shape index (κ2) is 6.41. The molecule has 5 fully saturated rings. The second-order valence-corrected chi connectivity index (χ2v) is 8.96. The molecule has 5 saturated heterocycles. The molecule has 8 unspecified atom stereocenters. The number of morpholine rings is 1. The van der Waals surface area contributed by atoms with Gasteiger partial charge in [0.1, 0.15) is 6.10 Å². The van der Waals surface area contributed by atoms with Crippen LogP contribution >= 0.6 is 0 Å². The van der Waals surface area contributed by atoms with E-state index in [9.17, 15) is 0 Å². The molecule has 7 nitrogen and oxygen atoms in total. The standard InChI is InChI=1S/C18H32N4O3/c1-20-5-11-9-24-18(13(11)6-20)16-8-21(2)7-14(19-25-16)17-15-4-12(10-23-15)22(17)3/h11-19H,4-10H2,1-3H3. The fraction of sp³-hybridized carbons (Fsp3) is 1.00. The van der Waals surface area contributed by atoms with Crippen molar-refractivity contribution in [3.63, 3.8) is 0 Å². The van der Waals surface area contributed by atoms with E-state index in [1.807, 2.05) is 0 Å². The lowest BCUT2D eigenvalue weighted by molar-refractivity contribution is -0.118. The average molecular weight is 352 g/mol. The molecule has 0 radical (unpaired) electrons. The van der Waals surface area contributed by atoms with Gasteiger partial charge in [-0.3, -0.25) is 9.74 Å². The van der Waals surface area contributed by atoms with Crippen LogP contribution in [0.15, 0.2) is 0 Å². The Hall–Kier alpha value is -0.280. The van der Waals surface area contributed by atoms with Gasteiger partial charge in [-0.25, -0.2) is 0 Å². The maximum Gasteiger partial charge on any atom is 0.118 e. The summed E-state index contributed by atoms with van der Waals surface area (Å²) in [7, 11) is 6.66. The van der Waals surface area contributed by atoms with Crippen LogP contribution < -0.4 is 5.48 Å². The summed E-state index contributed by atoms with van der Waals surface area (Å²) in [6, 6.07) is 1.25. The van der Waals surface area contributed by atoms with Crippen molar-refractivity contribution in [1.29, 1.82) is 0 Å². The number of nitrogens with zero attached hydrogens (tertiary/aromatic N) is 3. The molecule has 5 rings (SSSR count). The first-order valence-corrected chi connectivity index (χ1v) is 9.83. The van der Waals surface area contributed by atoms with Crippen LogP contribution in [0.4, 0.5) is 0 Å². The third-order valence-electron chi connectivity index (χ3n) is 7.18. The zero-order valence-corrected chi connectivity index (χ0v) is 15.6. The highest BCUT2D eigenvalue weighted by molar-refractivity contribution is 5.04. The van der Waals surface area contributed by atoms with Crippen LogP contribution in [0.1, 0.15) is 6.42 Å². The molecule has 8 atom stereocenters. The first-order chi connectivity index (χ1) is 12.1. The van der Waals surface area contributed by atoms with Gasteiger partial charge >= 0.3 is 0 Å². The topological polar surface area (TPSA) is 49.4 Å². The molecule has 25 heavy (non-hydrogen) atoms. The van der Waals surface area contributed by atoms with Crippen LogP contribution in [0, 0.1) is 11.8 Å². The van der Waals surface area contributed by atoms with Gasteiger partial charge in [-0.2, -0.15) is 5.48 Å². The SMILES string of the molecule is CN1CC(C2C3CC(CO3)N2C)NOC(C2OCC3CN(C)CC32)C1. The second-order valence-electron chi connectivity index (χ2n) is 8.96. The van der Waals surface area contributed by atoms with Crippen molar-refractivity contribution in [3.05, 3.63) is 0 Å². The van der Waals surface area contributed by atoms with E-state index in [0.717, 1.165) is 45.8 Å². The molecule has 0 aromatic rings. The molecule has 5 aliphatic rings. The van der Waals surface area contributed by atoms with Gasteiger partial charge in [0, 0.05) is 44.1 Å². The van der Waals surface area contributed by atoms with E-state index < -0.39 is 0 Å². The predicted octanol–water partition coefficient (Wildman–Crippen LogP) is -0.762. The molecule has 0 aliphatic carbocycles. The maximum absolute atomic E-state index is 6.26. The summed E-state index contributed by atoms with van der Waals surface area (Å²) in [5.41, 5.74) is 3.43. The lowest BCUT2D eigenvalue weighted by atomic mass is 9.91. The summed E-state index contributed by atoms with van der Waals surface area (Å²) in [5, 5.41) is 0. The van der Waals surface area contributed by atoms with Crippen molar-refractivity contribution >= 4 is 0 Å². The van der Waals surface area contributed by atoms with E-state index in [-0.39, 0.29) is 18.2 Å². The number of hydrogen-bond acceptors (Lipinski definition) is 7. The summed E-state index contributed by atoms with van der Waals surface area (Å²) in [4.78, 5) is 13.6. The minimum absolute atomic E-state index is 0.0984. The number of likely N-dealkylation sites (N-methyl/N-ethyl adjacent to an activating group) is 2. The van der Waals surface area contributed by atoms with Crippen LogP contribution in [-0.2, 0) is 14.3 Å². The number of likely N-dealkylation sites (tertiary alicyclic amines) is 2. The van der Waals surface area contributed by atoms with Crippen molar-refractivity contribution in [2.75, 3.05) is 60.5 Å². The fourth-order valence-electron chi connectivity index (χ4n) is 5.93. The Kier molecular flexibility index (Phi) is 4.32. The number of hydroxylamine groups is 1. The summed E-state index contributed by atoms with van der Waals surface area (Å²) in [6.07, 6.45) is 1.81. The number of nitrogens with one attached hydrogen (secondary N) is 1. The lowest BCUT2D eigenvalue weighted by Crippen LogP contribution is -2.57. The van der Waals surface area contributed by atoms with Gasteiger partial charge in [0.2, 0.25) is 0 Å². The quantitative estimate of drug-likeness (QED) is 0.701. The van der Waals surface area contributed by atoms with Crippen molar-refractivity contribution in [2.45, 2.75) is 42.9 Å². The van der Waals surface area contributed by atoms with E-state index in [1.165, 1.54) is 0 Å². The minimum Gasteiger partial charge on any atom is -0.375 e. The highest BCUT2D eigenvalue weighted by Crippen LogP contribution is 2.37. The van der Waals surface area contributed by atoms with Gasteiger partial charge in [0.05, 0.1) is 37.5 Å². The van der Waals surface area contributed by atoms with Crippen molar-refractivity contribution in [1.82, 2.24) is 20.2 Å². The average Bonchev–Trinajstić information content (AvgIpc) is 3.29. The fourth-order valence-corrected chi connectivity index (χ4v) is 5.93. The van der Waals surface area contributed by atoms with Gasteiger partial charge in [-0.05, 0) is 27.6 Å². The zero-order valence-electron chi connectivity index (χ0n) is 15.6. The van der Waals surface area contributed by atoms with Crippen LogP contribution in [-0.4, -0.2) is 112 Å². The zero-order chi connectivity index (χ0) is 17.1. The van der Waals surface area contributed by atoms with Crippen LogP contribution in [0.5, 0.6) is 0 Å². The molecule has 7 heteroatoms. The van der Waals surface area contributed by atoms with E-state index in [1.54, 1.807) is 0 Å². The molecule has 0 saturated carbocycles. The minimum atomic E-state index is 0.0984. The highest BCUT2D eigenvalue weighted by Gasteiger charge is 2.51. The molecule has 142 valence electrons. The van der Waals surface area contributed by atoms with E-state index >= 15 is 0 Å². The van der Waals surface area contributed by atoms with Gasteiger partial charge in [-0.15, -0.1) is 0 Å². The largest absolute Gasteiger partial charge is 0.375 e. The third-order valence-corrected chi connectivity index (χ3v) is 7.18. The number of ether oxygens (including phenoxy) is 2. The predicted molar refractivity (Wildman–Crippen MR) is 93.2 cm³/mol. The number of hydrogen-bond donors (Lipinski definition) is 1. The van der Waals surface area contributed by atoms with Gasteiger partial charge in [0.15, 0.2) is 0 Å². The molecule has 5 heterocycles. The first-order valence-electron chi connectivity index (χ1n) is 9.83. The molecule has 1 N–H and O–H groups in total. The van der Waals surface area contributed by atoms with Crippen LogP contribution in [0.2, 0.25) is 0 Å². The Morgan fingerprint density at radius 1 is 0.880 bits per heavy atom. The normalized spacial score (nSPS) is 52.0. The van der Waals surface area contributed by atoms with Crippen molar-refractivity contribution in [2.24, 2.45) is 11.8 Å². The smallest absolute Gasteiger partial charge is 0.118 e. The molecule has 0 amide bonds. The Bertz CT molecular complexity index is 507. The molecular weight excluding hydrogens is 320 g/mol. The number of rotatable bonds is 2. The Morgan fingerprint density at radius 3 is 2.52 bits per heavy atom. The molecule has 0 aromatic heterocycles. The Labute approximate surface area is 150 Å². The van der Waals surface area contributed by atoms with Gasteiger partial charge < -0.3 is 19.3 Å².